The van der Waals surface area contributed by atoms with Crippen molar-refractivity contribution < 1.29 is 17.9 Å². The van der Waals surface area contributed by atoms with Crippen LogP contribution < -0.4 is 5.32 Å². The average molecular weight is 426 g/mol. The quantitative estimate of drug-likeness (QED) is 0.785. The number of amides is 1. The third-order valence-electron chi connectivity index (χ3n) is 3.20. The Morgan fingerprint density at radius 2 is 1.60 bits per heavy atom. The Kier molecular flexibility index (Phi) is 5.90. The van der Waals surface area contributed by atoms with E-state index in [0.717, 1.165) is 4.47 Å². The van der Waals surface area contributed by atoms with Crippen LogP contribution in [-0.4, -0.2) is 20.1 Å². The molecule has 1 unspecified atom stereocenters. The molecule has 7 heteroatoms. The Hall–Kier alpha value is -1.86. The molecule has 0 aliphatic heterocycles. The lowest BCUT2D eigenvalue weighted by Gasteiger charge is -2.24. The van der Waals surface area contributed by atoms with Crippen molar-refractivity contribution in [1.29, 1.82) is 0 Å². The Morgan fingerprint density at radius 1 is 1.04 bits per heavy atom. The Morgan fingerprint density at radius 3 is 2.12 bits per heavy atom. The first-order valence-electron chi connectivity index (χ1n) is 7.63. The third-order valence-corrected chi connectivity index (χ3v) is 5.67. The molecular formula is C18H20BrNO4S. The van der Waals surface area contributed by atoms with E-state index in [2.05, 4.69) is 21.2 Å². The zero-order chi connectivity index (χ0) is 18.7. The minimum absolute atomic E-state index is 0.124. The van der Waals surface area contributed by atoms with Gasteiger partial charge in [0.25, 0.3) is 0 Å². The Balaban J connectivity index is 2.42. The predicted octanol–water partition coefficient (Wildman–Crippen LogP) is 4.45. The number of sulfone groups is 1. The molecule has 1 atom stereocenters. The van der Waals surface area contributed by atoms with Crippen molar-refractivity contribution in [2.45, 2.75) is 36.6 Å². The highest BCUT2D eigenvalue weighted by atomic mass is 79.9. The van der Waals surface area contributed by atoms with E-state index in [0.29, 0.717) is 5.56 Å². The fourth-order valence-electron chi connectivity index (χ4n) is 2.14. The van der Waals surface area contributed by atoms with E-state index in [4.69, 9.17) is 4.74 Å². The van der Waals surface area contributed by atoms with Gasteiger partial charge in [-0.3, -0.25) is 0 Å². The maximum Gasteiger partial charge on any atom is 0.408 e. The summed E-state index contributed by atoms with van der Waals surface area (Å²) in [5.41, 5.74) is -0.289. The van der Waals surface area contributed by atoms with Gasteiger partial charge in [-0.05, 0) is 50.6 Å². The fourth-order valence-corrected chi connectivity index (χ4v) is 3.98. The molecule has 0 aliphatic rings. The summed E-state index contributed by atoms with van der Waals surface area (Å²) in [5, 5.41) is 1.23. The Labute approximate surface area is 156 Å². The number of benzene rings is 2. The molecule has 0 bridgehead atoms. The first-order chi connectivity index (χ1) is 11.6. The van der Waals surface area contributed by atoms with Gasteiger partial charge in [0.05, 0.1) is 4.90 Å². The van der Waals surface area contributed by atoms with Gasteiger partial charge in [0.2, 0.25) is 9.84 Å². The largest absolute Gasteiger partial charge is 0.444 e. The van der Waals surface area contributed by atoms with Gasteiger partial charge in [-0.2, -0.15) is 0 Å². The number of rotatable bonds is 4. The molecule has 134 valence electrons. The average Bonchev–Trinajstić information content (AvgIpc) is 2.53. The number of carbonyl (C=O) groups excluding carboxylic acids is 1. The minimum Gasteiger partial charge on any atom is -0.444 e. The molecule has 0 aliphatic carbocycles. The molecule has 2 aromatic carbocycles. The molecule has 25 heavy (non-hydrogen) atoms. The fraction of sp³-hybridized carbons (Fsp3) is 0.278. The molecule has 0 radical (unpaired) electrons. The van der Waals surface area contributed by atoms with E-state index in [1.165, 1.54) is 12.1 Å². The topological polar surface area (TPSA) is 72.5 Å². The summed E-state index contributed by atoms with van der Waals surface area (Å²) in [4.78, 5) is 12.3. The first-order valence-corrected chi connectivity index (χ1v) is 9.97. The second-order valence-corrected chi connectivity index (χ2v) is 9.38. The van der Waals surface area contributed by atoms with Crippen molar-refractivity contribution in [2.24, 2.45) is 0 Å². The molecule has 1 N–H and O–H groups in total. The first kappa shape index (κ1) is 19.5. The summed E-state index contributed by atoms with van der Waals surface area (Å²) < 4.78 is 32.1. The SMILES string of the molecule is CC(C)(C)OC(=O)NC(c1ccc(Br)cc1)S(=O)(=O)c1ccccc1. The number of ether oxygens (including phenoxy) is 1. The number of hydrogen-bond acceptors (Lipinski definition) is 4. The van der Waals surface area contributed by atoms with Crippen molar-refractivity contribution in [3.63, 3.8) is 0 Å². The molecule has 1 amide bonds. The van der Waals surface area contributed by atoms with E-state index < -0.39 is 26.9 Å². The molecule has 2 rings (SSSR count). The van der Waals surface area contributed by atoms with Crippen molar-refractivity contribution in [2.75, 3.05) is 0 Å². The van der Waals surface area contributed by atoms with Crippen LogP contribution in [0.1, 0.15) is 31.7 Å². The van der Waals surface area contributed by atoms with Crippen LogP contribution >= 0.6 is 15.9 Å². The normalized spacial score (nSPS) is 13.1. The van der Waals surface area contributed by atoms with Gasteiger partial charge in [0.15, 0.2) is 5.37 Å². The highest BCUT2D eigenvalue weighted by Crippen LogP contribution is 2.28. The monoisotopic (exact) mass is 425 g/mol. The van der Waals surface area contributed by atoms with Crippen LogP contribution in [0.25, 0.3) is 0 Å². The van der Waals surface area contributed by atoms with Crippen LogP contribution in [0.5, 0.6) is 0 Å². The van der Waals surface area contributed by atoms with Gasteiger partial charge in [-0.25, -0.2) is 13.2 Å². The standard InChI is InChI=1S/C18H20BrNO4S/c1-18(2,3)24-17(21)20-16(13-9-11-14(19)12-10-13)25(22,23)15-7-5-4-6-8-15/h4-12,16H,1-3H3,(H,20,21). The van der Waals surface area contributed by atoms with Crippen LogP contribution in [0, 0.1) is 0 Å². The maximum atomic E-state index is 13.0. The van der Waals surface area contributed by atoms with Crippen LogP contribution in [0.2, 0.25) is 0 Å². The lowest BCUT2D eigenvalue weighted by Crippen LogP contribution is -2.38. The number of carbonyl (C=O) groups is 1. The lowest BCUT2D eigenvalue weighted by molar-refractivity contribution is 0.0519. The highest BCUT2D eigenvalue weighted by Gasteiger charge is 2.32. The zero-order valence-electron chi connectivity index (χ0n) is 14.2. The molecule has 0 heterocycles. The number of alkyl carbamates (subject to hydrolysis) is 1. The smallest absolute Gasteiger partial charge is 0.408 e. The minimum atomic E-state index is -3.84. The van der Waals surface area contributed by atoms with Gasteiger partial charge < -0.3 is 10.1 Å². The second-order valence-electron chi connectivity index (χ2n) is 6.44. The van der Waals surface area contributed by atoms with Crippen LogP contribution in [-0.2, 0) is 14.6 Å². The predicted molar refractivity (Wildman–Crippen MR) is 99.9 cm³/mol. The summed E-state index contributed by atoms with van der Waals surface area (Å²) >= 11 is 3.32. The van der Waals surface area contributed by atoms with E-state index >= 15 is 0 Å². The maximum absolute atomic E-state index is 13.0. The van der Waals surface area contributed by atoms with Gasteiger partial charge >= 0.3 is 6.09 Å². The zero-order valence-corrected chi connectivity index (χ0v) is 16.6. The molecule has 0 saturated heterocycles. The summed E-state index contributed by atoms with van der Waals surface area (Å²) in [5.74, 6) is 0. The molecule has 2 aromatic rings. The van der Waals surface area contributed by atoms with Crippen LogP contribution in [0.15, 0.2) is 64.0 Å². The number of halogens is 1. The van der Waals surface area contributed by atoms with Crippen molar-refractivity contribution in [3.8, 4) is 0 Å². The molecule has 0 fully saturated rings. The van der Waals surface area contributed by atoms with E-state index in [9.17, 15) is 13.2 Å². The van der Waals surface area contributed by atoms with Crippen LogP contribution in [0.4, 0.5) is 4.79 Å². The van der Waals surface area contributed by atoms with Crippen molar-refractivity contribution in [3.05, 3.63) is 64.6 Å². The summed E-state index contributed by atoms with van der Waals surface area (Å²) in [6, 6.07) is 14.7. The van der Waals surface area contributed by atoms with Crippen molar-refractivity contribution in [1.82, 2.24) is 5.32 Å². The highest BCUT2D eigenvalue weighted by molar-refractivity contribution is 9.10. The van der Waals surface area contributed by atoms with Crippen LogP contribution in [0.3, 0.4) is 0 Å². The molecule has 5 nitrogen and oxygen atoms in total. The molecule has 0 aromatic heterocycles. The third kappa shape index (κ3) is 5.31. The van der Waals surface area contributed by atoms with E-state index in [1.807, 2.05) is 0 Å². The van der Waals surface area contributed by atoms with E-state index in [1.54, 1.807) is 63.2 Å². The van der Waals surface area contributed by atoms with Gasteiger partial charge in [-0.1, -0.05) is 46.3 Å². The molecular weight excluding hydrogens is 406 g/mol. The van der Waals surface area contributed by atoms with Crippen molar-refractivity contribution >= 4 is 31.9 Å². The summed E-state index contributed by atoms with van der Waals surface area (Å²) in [6.07, 6.45) is -0.792. The summed E-state index contributed by atoms with van der Waals surface area (Å²) in [7, 11) is -3.84. The second kappa shape index (κ2) is 7.58. The van der Waals surface area contributed by atoms with E-state index in [-0.39, 0.29) is 4.90 Å². The van der Waals surface area contributed by atoms with Gasteiger partial charge in [-0.15, -0.1) is 0 Å². The van der Waals surface area contributed by atoms with Gasteiger partial charge in [0, 0.05) is 4.47 Å². The molecule has 0 saturated carbocycles. The molecule has 0 spiro atoms. The Bertz CT molecular complexity index is 828. The van der Waals surface area contributed by atoms with Gasteiger partial charge in [0.1, 0.15) is 5.60 Å². The summed E-state index contributed by atoms with van der Waals surface area (Å²) in [6.45, 7) is 5.15. The number of hydrogen-bond donors (Lipinski definition) is 1. The number of nitrogens with one attached hydrogen (secondary N) is 1. The lowest BCUT2D eigenvalue weighted by atomic mass is 10.2.